The molecule has 0 heterocycles. The molecule has 0 unspecified atom stereocenters. The van der Waals surface area contributed by atoms with Gasteiger partial charge >= 0.3 is 18.0 Å². The van der Waals surface area contributed by atoms with Crippen LogP contribution < -0.4 is 0 Å². The number of rotatable bonds is 3. The van der Waals surface area contributed by atoms with Gasteiger partial charge in [0.15, 0.2) is 0 Å². The van der Waals surface area contributed by atoms with Crippen LogP contribution in [0.1, 0.15) is 15.9 Å². The lowest BCUT2D eigenvalue weighted by Gasteiger charge is -2.27. The molecule has 1 aromatic rings. The third kappa shape index (κ3) is 2.61. The maximum absolute atomic E-state index is 13.2. The summed E-state index contributed by atoms with van der Waals surface area (Å²) in [6.45, 7) is 1.33. The van der Waals surface area contributed by atoms with E-state index in [4.69, 9.17) is 11.6 Å². The Labute approximate surface area is 113 Å². The number of carbonyl (C=O) groups excluding carboxylic acids is 1. The number of halogens is 8. The first-order chi connectivity index (χ1) is 8.82. The van der Waals surface area contributed by atoms with Gasteiger partial charge in [0.25, 0.3) is 0 Å². The van der Waals surface area contributed by atoms with Crippen LogP contribution in [-0.2, 0) is 0 Å². The fraction of sp³-hybridized carbons (Fsp3) is 0.364. The Bertz CT molecular complexity index is 536. The molecular weight excluding hydrogens is 317 g/mol. The maximum Gasteiger partial charge on any atom is 0.460 e. The lowest BCUT2D eigenvalue weighted by atomic mass is 9.98. The first kappa shape index (κ1) is 16.7. The van der Waals surface area contributed by atoms with Crippen LogP contribution in [0.4, 0.5) is 30.7 Å². The molecule has 0 radical (unpaired) electrons. The van der Waals surface area contributed by atoms with E-state index in [0.717, 1.165) is 6.07 Å². The highest BCUT2D eigenvalue weighted by Gasteiger charge is 2.76. The number of hydrogen-bond acceptors (Lipinski definition) is 1. The summed E-state index contributed by atoms with van der Waals surface area (Å²) in [4.78, 5) is 11.3. The number of benzene rings is 1. The van der Waals surface area contributed by atoms with Crippen molar-refractivity contribution in [2.24, 2.45) is 0 Å². The zero-order valence-electron chi connectivity index (χ0n) is 9.66. The van der Waals surface area contributed by atoms with E-state index in [9.17, 15) is 35.5 Å². The molecule has 1 aromatic carbocycles. The second-order valence-electron chi connectivity index (χ2n) is 3.96. The summed E-state index contributed by atoms with van der Waals surface area (Å²) in [6.07, 6.45) is -6.57. The van der Waals surface area contributed by atoms with Crippen molar-refractivity contribution in [2.45, 2.75) is 24.9 Å². The number of carbonyl (C=O) groups is 1. The molecule has 20 heavy (non-hydrogen) atoms. The number of alkyl halides is 7. The number of ketones is 1. The van der Waals surface area contributed by atoms with Gasteiger partial charge in [-0.15, -0.1) is 0 Å². The molecule has 0 atom stereocenters. The number of aryl methyl sites for hydroxylation is 1. The van der Waals surface area contributed by atoms with Gasteiger partial charge in [-0.3, -0.25) is 4.79 Å². The van der Waals surface area contributed by atoms with E-state index in [0.29, 0.717) is 6.07 Å². The van der Waals surface area contributed by atoms with Gasteiger partial charge in [0.05, 0.1) is 5.02 Å². The molecule has 1 rings (SSSR count). The van der Waals surface area contributed by atoms with E-state index in [1.165, 1.54) is 13.0 Å². The molecule has 112 valence electrons. The fourth-order valence-corrected chi connectivity index (χ4v) is 1.51. The lowest BCUT2D eigenvalue weighted by Crippen LogP contribution is -2.56. The highest BCUT2D eigenvalue weighted by atomic mass is 35.5. The van der Waals surface area contributed by atoms with Gasteiger partial charge in [0.1, 0.15) is 0 Å². The molecule has 0 amide bonds. The average Bonchev–Trinajstić information content (AvgIpc) is 2.29. The zero-order valence-corrected chi connectivity index (χ0v) is 10.4. The monoisotopic (exact) mass is 322 g/mol. The van der Waals surface area contributed by atoms with Crippen molar-refractivity contribution in [1.29, 1.82) is 0 Å². The zero-order chi connectivity index (χ0) is 15.9. The molecule has 0 aliphatic heterocycles. The van der Waals surface area contributed by atoms with Crippen LogP contribution in [0.3, 0.4) is 0 Å². The molecule has 1 nitrogen and oxygen atoms in total. The predicted octanol–water partition coefficient (Wildman–Crippen LogP) is 4.66. The summed E-state index contributed by atoms with van der Waals surface area (Å²) >= 11 is 5.38. The van der Waals surface area contributed by atoms with Gasteiger partial charge in [0.2, 0.25) is 5.78 Å². The van der Waals surface area contributed by atoms with Crippen molar-refractivity contribution in [3.05, 3.63) is 34.3 Å². The Kier molecular flexibility index (Phi) is 4.11. The van der Waals surface area contributed by atoms with Crippen LogP contribution in [-0.4, -0.2) is 23.8 Å². The van der Waals surface area contributed by atoms with E-state index in [1.54, 1.807) is 0 Å². The largest absolute Gasteiger partial charge is 0.460 e. The molecule has 0 saturated heterocycles. The summed E-state index contributed by atoms with van der Waals surface area (Å²) in [5, 5.41) is -0.641. The summed E-state index contributed by atoms with van der Waals surface area (Å²) in [7, 11) is 0. The predicted molar refractivity (Wildman–Crippen MR) is 56.5 cm³/mol. The van der Waals surface area contributed by atoms with E-state index in [1.807, 2.05) is 0 Å². The highest BCUT2D eigenvalue weighted by molar-refractivity contribution is 6.34. The molecule has 0 aromatic heterocycles. The van der Waals surface area contributed by atoms with Gasteiger partial charge in [-0.05, 0) is 19.1 Å². The normalized spacial score (nSPS) is 13.4. The quantitative estimate of drug-likeness (QED) is 0.584. The van der Waals surface area contributed by atoms with Gasteiger partial charge in [-0.25, -0.2) is 0 Å². The minimum absolute atomic E-state index is 0.198. The third-order valence-corrected chi connectivity index (χ3v) is 2.73. The van der Waals surface area contributed by atoms with E-state index in [2.05, 4.69) is 0 Å². The van der Waals surface area contributed by atoms with Crippen molar-refractivity contribution in [3.63, 3.8) is 0 Å². The SMILES string of the molecule is Cc1ccc(Cl)c(C(=O)C(F)(F)C(F)(F)C(F)(F)F)c1. The summed E-state index contributed by atoms with van der Waals surface area (Å²) in [5.74, 6) is -15.1. The summed E-state index contributed by atoms with van der Waals surface area (Å²) < 4.78 is 87.8. The number of Topliss-reactive ketones (excluding diaryl/α,β-unsaturated/α-hetero) is 1. The molecule has 0 fully saturated rings. The van der Waals surface area contributed by atoms with Crippen LogP contribution in [0, 0.1) is 6.92 Å². The Hall–Kier alpha value is -1.31. The standard InChI is InChI=1S/C11H6ClF7O/c1-5-2-3-7(12)6(4-5)8(20)9(13,14)10(15,16)11(17,18)19/h2-4H,1H3. The second-order valence-corrected chi connectivity index (χ2v) is 4.37. The van der Waals surface area contributed by atoms with E-state index >= 15 is 0 Å². The Balaban J connectivity index is 3.35. The van der Waals surface area contributed by atoms with E-state index in [-0.39, 0.29) is 5.56 Å². The molecule has 0 aliphatic carbocycles. The Morgan fingerprint density at radius 2 is 1.55 bits per heavy atom. The fourth-order valence-electron chi connectivity index (χ4n) is 1.30. The minimum Gasteiger partial charge on any atom is -0.287 e. The smallest absolute Gasteiger partial charge is 0.287 e. The third-order valence-electron chi connectivity index (χ3n) is 2.40. The molecule has 0 N–H and O–H groups in total. The second kappa shape index (κ2) is 4.91. The topological polar surface area (TPSA) is 17.1 Å². The van der Waals surface area contributed by atoms with Gasteiger partial charge in [0, 0.05) is 5.56 Å². The van der Waals surface area contributed by atoms with Crippen LogP contribution in [0.25, 0.3) is 0 Å². The number of hydrogen-bond donors (Lipinski definition) is 0. The lowest BCUT2D eigenvalue weighted by molar-refractivity contribution is -0.339. The molecule has 0 spiro atoms. The molecule has 0 bridgehead atoms. The van der Waals surface area contributed by atoms with Crippen LogP contribution in [0.5, 0.6) is 0 Å². The first-order valence-electron chi connectivity index (χ1n) is 4.95. The van der Waals surface area contributed by atoms with Crippen LogP contribution >= 0.6 is 11.6 Å². The van der Waals surface area contributed by atoms with Crippen molar-refractivity contribution in [1.82, 2.24) is 0 Å². The van der Waals surface area contributed by atoms with Crippen molar-refractivity contribution in [3.8, 4) is 0 Å². The molecule has 9 heteroatoms. The average molecular weight is 323 g/mol. The van der Waals surface area contributed by atoms with Gasteiger partial charge < -0.3 is 0 Å². The van der Waals surface area contributed by atoms with Gasteiger partial charge in [-0.2, -0.15) is 30.7 Å². The van der Waals surface area contributed by atoms with Crippen molar-refractivity contribution >= 4 is 17.4 Å². The summed E-state index contributed by atoms with van der Waals surface area (Å²) in [5.41, 5.74) is -0.899. The first-order valence-corrected chi connectivity index (χ1v) is 5.33. The Morgan fingerprint density at radius 3 is 2.00 bits per heavy atom. The maximum atomic E-state index is 13.2. The molecule has 0 saturated carbocycles. The van der Waals surface area contributed by atoms with Crippen molar-refractivity contribution in [2.75, 3.05) is 0 Å². The van der Waals surface area contributed by atoms with E-state index < -0.39 is 34.4 Å². The van der Waals surface area contributed by atoms with Crippen molar-refractivity contribution < 1.29 is 35.5 Å². The highest BCUT2D eigenvalue weighted by Crippen LogP contribution is 2.48. The molecule has 0 aliphatic rings. The minimum atomic E-state index is -6.57. The van der Waals surface area contributed by atoms with Gasteiger partial charge in [-0.1, -0.05) is 23.2 Å². The Morgan fingerprint density at radius 1 is 1.05 bits per heavy atom. The van der Waals surface area contributed by atoms with Crippen LogP contribution in [0.15, 0.2) is 18.2 Å². The summed E-state index contributed by atoms with van der Waals surface area (Å²) in [6, 6.07) is 2.94. The molecular formula is C11H6ClF7O. The van der Waals surface area contributed by atoms with Crippen LogP contribution in [0.2, 0.25) is 5.02 Å².